The Hall–Kier alpha value is -2.88. The number of nitrogens with one attached hydrogen (secondary N) is 4. The van der Waals surface area contributed by atoms with E-state index in [1.54, 1.807) is 30.5 Å². The Bertz CT molecular complexity index is 906. The lowest BCUT2D eigenvalue weighted by molar-refractivity contribution is 0.100. The van der Waals surface area contributed by atoms with Crippen molar-refractivity contribution in [3.63, 3.8) is 0 Å². The Morgan fingerprint density at radius 3 is 2.81 bits per heavy atom. The number of hydrogen-bond acceptors (Lipinski definition) is 5. The molecular formula is C23H31FN6O2. The summed E-state index contributed by atoms with van der Waals surface area (Å²) in [4.78, 5) is 21.3. The van der Waals surface area contributed by atoms with E-state index in [1.807, 2.05) is 13.8 Å². The van der Waals surface area contributed by atoms with Gasteiger partial charge in [0.1, 0.15) is 5.82 Å². The molecule has 32 heavy (non-hydrogen) atoms. The van der Waals surface area contributed by atoms with Crippen molar-refractivity contribution in [1.29, 1.82) is 0 Å². The van der Waals surface area contributed by atoms with Gasteiger partial charge in [0.05, 0.1) is 6.17 Å². The van der Waals surface area contributed by atoms with Gasteiger partial charge in [-0.2, -0.15) is 4.99 Å². The van der Waals surface area contributed by atoms with Crippen molar-refractivity contribution in [3.05, 3.63) is 65.2 Å². The molecule has 2 aromatic rings. The van der Waals surface area contributed by atoms with Crippen molar-refractivity contribution in [2.24, 2.45) is 4.99 Å². The summed E-state index contributed by atoms with van der Waals surface area (Å²) in [6.45, 7) is 5.85. The molecule has 3 rings (SSSR count). The van der Waals surface area contributed by atoms with E-state index < -0.39 is 0 Å². The standard InChI is InChI=1S/C23H31FN6O2/c1-3-19-14-17(10-12-25-19)22(31)28-23(26-11-5-13-32-4-2)27-21-15-20(29-30-21)16-6-8-18(24)9-7-16/h6-10,12,14,20-21,29-30H,3-5,11,13,15H2,1-2H3,(H2,26,27,28,31). The molecule has 8 nitrogen and oxygen atoms in total. The molecule has 1 aromatic carbocycles. The third-order valence-corrected chi connectivity index (χ3v) is 5.09. The SMILES string of the molecule is CCOCCCN/C(=N/C(=O)c1ccnc(CC)c1)NC1CC(c2ccc(F)cc2)NN1. The number of aryl methyl sites for hydroxylation is 1. The smallest absolute Gasteiger partial charge is 0.280 e. The monoisotopic (exact) mass is 442 g/mol. The highest BCUT2D eigenvalue weighted by Crippen LogP contribution is 2.21. The van der Waals surface area contributed by atoms with Gasteiger partial charge in [0.2, 0.25) is 5.96 Å². The second-order valence-corrected chi connectivity index (χ2v) is 7.46. The normalized spacial score (nSPS) is 18.5. The Morgan fingerprint density at radius 1 is 1.25 bits per heavy atom. The van der Waals surface area contributed by atoms with Crippen molar-refractivity contribution >= 4 is 11.9 Å². The highest BCUT2D eigenvalue weighted by atomic mass is 19.1. The van der Waals surface area contributed by atoms with Gasteiger partial charge in [-0.1, -0.05) is 19.1 Å². The van der Waals surface area contributed by atoms with Gasteiger partial charge in [-0.05, 0) is 49.6 Å². The molecule has 1 saturated heterocycles. The number of nitrogens with zero attached hydrogens (tertiary/aromatic N) is 2. The number of benzene rings is 1. The maximum absolute atomic E-state index is 13.2. The molecule has 172 valence electrons. The highest BCUT2D eigenvalue weighted by molar-refractivity contribution is 6.02. The fraction of sp³-hybridized carbons (Fsp3) is 0.435. The number of rotatable bonds is 9. The summed E-state index contributed by atoms with van der Waals surface area (Å²) in [5, 5.41) is 6.46. The highest BCUT2D eigenvalue weighted by Gasteiger charge is 2.26. The first kappa shape index (κ1) is 23.8. The van der Waals surface area contributed by atoms with Crippen LogP contribution in [-0.2, 0) is 11.2 Å². The number of carbonyl (C=O) groups is 1. The van der Waals surface area contributed by atoms with Gasteiger partial charge in [0, 0.05) is 49.7 Å². The summed E-state index contributed by atoms with van der Waals surface area (Å²) in [5.74, 6) is -0.218. The second-order valence-electron chi connectivity index (χ2n) is 7.46. The van der Waals surface area contributed by atoms with Gasteiger partial charge < -0.3 is 15.4 Å². The number of hydrazine groups is 1. The molecule has 1 fully saturated rings. The van der Waals surface area contributed by atoms with E-state index >= 15 is 0 Å². The van der Waals surface area contributed by atoms with Crippen LogP contribution in [0.3, 0.4) is 0 Å². The summed E-state index contributed by atoms with van der Waals surface area (Å²) >= 11 is 0. The average molecular weight is 443 g/mol. The Balaban J connectivity index is 1.65. The summed E-state index contributed by atoms with van der Waals surface area (Å²) < 4.78 is 18.6. The second kappa shape index (κ2) is 12.2. The lowest BCUT2D eigenvalue weighted by Gasteiger charge is -2.17. The van der Waals surface area contributed by atoms with Crippen LogP contribution in [0.25, 0.3) is 0 Å². The molecule has 2 atom stereocenters. The van der Waals surface area contributed by atoms with Crippen LogP contribution in [0.2, 0.25) is 0 Å². The van der Waals surface area contributed by atoms with Crippen LogP contribution in [0, 0.1) is 5.82 Å². The van der Waals surface area contributed by atoms with Gasteiger partial charge in [-0.3, -0.25) is 9.78 Å². The fourth-order valence-electron chi connectivity index (χ4n) is 3.35. The third kappa shape index (κ3) is 7.08. The van der Waals surface area contributed by atoms with E-state index in [4.69, 9.17) is 4.74 Å². The first-order valence-corrected chi connectivity index (χ1v) is 11.0. The number of ether oxygens (including phenoxy) is 1. The van der Waals surface area contributed by atoms with E-state index in [-0.39, 0.29) is 23.9 Å². The molecule has 2 heterocycles. The molecule has 0 bridgehead atoms. The van der Waals surface area contributed by atoms with Gasteiger partial charge in [-0.15, -0.1) is 0 Å². The topological polar surface area (TPSA) is 99.7 Å². The van der Waals surface area contributed by atoms with E-state index in [1.165, 1.54) is 12.1 Å². The molecule has 0 saturated carbocycles. The zero-order valence-corrected chi connectivity index (χ0v) is 18.5. The summed E-state index contributed by atoms with van der Waals surface area (Å²) in [5.41, 5.74) is 8.69. The number of aliphatic imine (C=N–C) groups is 1. The van der Waals surface area contributed by atoms with Gasteiger partial charge in [0.25, 0.3) is 5.91 Å². The number of halogens is 1. The molecule has 9 heteroatoms. The predicted molar refractivity (Wildman–Crippen MR) is 121 cm³/mol. The van der Waals surface area contributed by atoms with Crippen molar-refractivity contribution in [1.82, 2.24) is 26.5 Å². The van der Waals surface area contributed by atoms with Crippen LogP contribution >= 0.6 is 0 Å². The van der Waals surface area contributed by atoms with E-state index in [0.29, 0.717) is 37.7 Å². The lowest BCUT2D eigenvalue weighted by Crippen LogP contribution is -2.49. The molecule has 1 aromatic heterocycles. The van der Waals surface area contributed by atoms with Crippen LogP contribution in [0.15, 0.2) is 47.6 Å². The minimum atomic E-state index is -0.344. The molecule has 2 unspecified atom stereocenters. The molecule has 0 aliphatic carbocycles. The Morgan fingerprint density at radius 2 is 2.06 bits per heavy atom. The number of guanidine groups is 1. The quantitative estimate of drug-likeness (QED) is 0.269. The zero-order valence-electron chi connectivity index (χ0n) is 18.5. The zero-order chi connectivity index (χ0) is 22.8. The largest absolute Gasteiger partial charge is 0.382 e. The maximum atomic E-state index is 13.2. The first-order chi connectivity index (χ1) is 15.6. The average Bonchev–Trinajstić information content (AvgIpc) is 3.27. The molecule has 4 N–H and O–H groups in total. The minimum Gasteiger partial charge on any atom is -0.382 e. The van der Waals surface area contributed by atoms with E-state index in [9.17, 15) is 9.18 Å². The predicted octanol–water partition coefficient (Wildman–Crippen LogP) is 2.45. The number of amides is 1. The first-order valence-electron chi connectivity index (χ1n) is 11.0. The van der Waals surface area contributed by atoms with Crippen LogP contribution in [0.1, 0.15) is 54.3 Å². The Kier molecular flexibility index (Phi) is 9.09. The van der Waals surface area contributed by atoms with E-state index in [2.05, 4.69) is 31.5 Å². The van der Waals surface area contributed by atoms with Crippen molar-refractivity contribution in [3.8, 4) is 0 Å². The van der Waals surface area contributed by atoms with Gasteiger partial charge >= 0.3 is 0 Å². The number of pyridine rings is 1. The lowest BCUT2D eigenvalue weighted by atomic mass is 10.0. The van der Waals surface area contributed by atoms with Gasteiger partial charge in [0.15, 0.2) is 0 Å². The van der Waals surface area contributed by atoms with Crippen molar-refractivity contribution < 1.29 is 13.9 Å². The third-order valence-electron chi connectivity index (χ3n) is 5.09. The van der Waals surface area contributed by atoms with Crippen LogP contribution in [0.5, 0.6) is 0 Å². The molecular weight excluding hydrogens is 411 g/mol. The van der Waals surface area contributed by atoms with Crippen LogP contribution in [0.4, 0.5) is 4.39 Å². The van der Waals surface area contributed by atoms with Crippen LogP contribution in [-0.4, -0.2) is 42.8 Å². The number of aromatic nitrogens is 1. The van der Waals surface area contributed by atoms with Gasteiger partial charge in [-0.25, -0.2) is 15.2 Å². The molecule has 1 aliphatic heterocycles. The minimum absolute atomic E-state index is 0.00955. The summed E-state index contributed by atoms with van der Waals surface area (Å²) in [7, 11) is 0. The summed E-state index contributed by atoms with van der Waals surface area (Å²) in [6.07, 6.45) is 3.68. The van der Waals surface area contributed by atoms with Crippen LogP contribution < -0.4 is 21.5 Å². The maximum Gasteiger partial charge on any atom is 0.280 e. The molecule has 1 aliphatic rings. The van der Waals surface area contributed by atoms with Crippen molar-refractivity contribution in [2.45, 2.75) is 45.3 Å². The van der Waals surface area contributed by atoms with Crippen molar-refractivity contribution in [2.75, 3.05) is 19.8 Å². The molecule has 1 amide bonds. The summed E-state index contributed by atoms with van der Waals surface area (Å²) in [6, 6.07) is 9.85. The number of hydrogen-bond donors (Lipinski definition) is 4. The fourth-order valence-corrected chi connectivity index (χ4v) is 3.35. The molecule has 0 spiro atoms. The number of carbonyl (C=O) groups excluding carboxylic acids is 1. The Labute approximate surface area is 188 Å². The van der Waals surface area contributed by atoms with E-state index in [0.717, 1.165) is 24.1 Å². The molecule has 0 radical (unpaired) electrons.